The number of fused-ring (bicyclic) bond motifs is 1. The predicted molar refractivity (Wildman–Crippen MR) is 101 cm³/mol. The van der Waals surface area contributed by atoms with Crippen molar-refractivity contribution < 1.29 is 4.79 Å². The van der Waals surface area contributed by atoms with Gasteiger partial charge < -0.3 is 10.6 Å². The van der Waals surface area contributed by atoms with E-state index < -0.39 is 0 Å². The largest absolute Gasteiger partial charge is 0.366 e. The van der Waals surface area contributed by atoms with E-state index in [-0.39, 0.29) is 11.7 Å². The van der Waals surface area contributed by atoms with Crippen LogP contribution in [-0.4, -0.2) is 54.4 Å². The maximum absolute atomic E-state index is 12.6. The zero-order valence-corrected chi connectivity index (χ0v) is 14.8. The summed E-state index contributed by atoms with van der Waals surface area (Å²) in [5, 5.41) is 9.01. The topological polar surface area (TPSA) is 57.3 Å². The first-order chi connectivity index (χ1) is 12.2. The molecule has 1 aromatic carbocycles. The smallest absolute Gasteiger partial charge is 0.166 e. The molecule has 0 amide bonds. The maximum Gasteiger partial charge on any atom is 0.166 e. The zero-order chi connectivity index (χ0) is 17.2. The minimum atomic E-state index is 0.238. The average Bonchev–Trinajstić information content (AvgIpc) is 3.47. The Labute approximate surface area is 148 Å². The number of aromatic nitrogens is 1. The number of anilines is 1. The van der Waals surface area contributed by atoms with Gasteiger partial charge in [0.2, 0.25) is 0 Å². The third-order valence-electron chi connectivity index (χ3n) is 5.14. The summed E-state index contributed by atoms with van der Waals surface area (Å²) in [4.78, 5) is 19.6. The molecule has 0 radical (unpaired) electrons. The Morgan fingerprint density at radius 2 is 2.08 bits per heavy atom. The highest BCUT2D eigenvalue weighted by Gasteiger charge is 2.31. The normalized spacial score (nSPS) is 19.7. The fraction of sp³-hybridized carbons (Fsp3) is 0.500. The van der Waals surface area contributed by atoms with Crippen LogP contribution in [0, 0.1) is 5.92 Å². The molecule has 5 nitrogen and oxygen atoms in total. The Morgan fingerprint density at radius 3 is 2.84 bits per heavy atom. The van der Waals surface area contributed by atoms with Crippen LogP contribution in [0.1, 0.15) is 30.1 Å². The highest BCUT2D eigenvalue weighted by atomic mass is 16.1. The van der Waals surface area contributed by atoms with E-state index in [1.165, 1.54) is 0 Å². The second-order valence-electron chi connectivity index (χ2n) is 7.29. The molecule has 2 N–H and O–H groups in total. The summed E-state index contributed by atoms with van der Waals surface area (Å²) < 4.78 is 0. The van der Waals surface area contributed by atoms with E-state index in [9.17, 15) is 4.79 Å². The van der Waals surface area contributed by atoms with E-state index in [0.717, 1.165) is 67.7 Å². The van der Waals surface area contributed by atoms with E-state index >= 15 is 0 Å². The predicted octanol–water partition coefficient (Wildman–Crippen LogP) is 2.53. The summed E-state index contributed by atoms with van der Waals surface area (Å²) in [6, 6.07) is 8.27. The summed E-state index contributed by atoms with van der Waals surface area (Å²) in [6.45, 7) is 7.50. The number of pyridine rings is 1. The first-order valence-electron chi connectivity index (χ1n) is 9.34. The molecule has 2 fully saturated rings. The molecule has 1 saturated carbocycles. The third kappa shape index (κ3) is 3.67. The number of nitrogens with zero attached hydrogens (tertiary/aromatic N) is 2. The lowest BCUT2D eigenvalue weighted by atomic mass is 10.00. The third-order valence-corrected chi connectivity index (χ3v) is 5.14. The molecule has 2 aliphatic rings. The van der Waals surface area contributed by atoms with Crippen molar-refractivity contribution in [3.05, 3.63) is 36.0 Å². The van der Waals surface area contributed by atoms with Crippen molar-refractivity contribution in [1.29, 1.82) is 0 Å². The number of ketones is 1. The maximum atomic E-state index is 12.6. The summed E-state index contributed by atoms with van der Waals surface area (Å²) in [5.41, 5.74) is 0.847. The number of Topliss-reactive ketones (excluding diaryl/α,β-unsaturated/α-hetero) is 1. The molecule has 1 atom stereocenters. The van der Waals surface area contributed by atoms with Crippen LogP contribution < -0.4 is 10.6 Å². The SMILES string of the molecule is C[C@@H](CN1CCNCC1)Nc1nccc2c(C(=O)C3CC3)cccc12. The first-order valence-corrected chi connectivity index (χ1v) is 9.34. The molecule has 0 bridgehead atoms. The van der Waals surface area contributed by atoms with Gasteiger partial charge in [0, 0.05) is 61.8 Å². The minimum Gasteiger partial charge on any atom is -0.366 e. The van der Waals surface area contributed by atoms with Gasteiger partial charge in [0.1, 0.15) is 5.82 Å². The highest BCUT2D eigenvalue weighted by Crippen LogP contribution is 2.35. The second kappa shape index (κ2) is 7.10. The lowest BCUT2D eigenvalue weighted by Crippen LogP contribution is -2.47. The van der Waals surface area contributed by atoms with Crippen molar-refractivity contribution >= 4 is 22.4 Å². The average molecular weight is 338 g/mol. The molecule has 1 aromatic heterocycles. The molecule has 25 heavy (non-hydrogen) atoms. The van der Waals surface area contributed by atoms with Crippen molar-refractivity contribution in [3.63, 3.8) is 0 Å². The molecule has 0 unspecified atom stereocenters. The molecular weight excluding hydrogens is 312 g/mol. The molecule has 2 heterocycles. The fourth-order valence-corrected chi connectivity index (χ4v) is 3.66. The molecular formula is C20H26N4O. The summed E-state index contributed by atoms with van der Waals surface area (Å²) in [6.07, 6.45) is 3.88. The fourth-order valence-electron chi connectivity index (χ4n) is 3.66. The monoisotopic (exact) mass is 338 g/mol. The quantitative estimate of drug-likeness (QED) is 0.793. The molecule has 1 saturated heterocycles. The van der Waals surface area contributed by atoms with Gasteiger partial charge in [-0.15, -0.1) is 0 Å². The number of carbonyl (C=O) groups is 1. The number of carbonyl (C=O) groups excluding carboxylic acids is 1. The molecule has 132 valence electrons. The van der Waals surface area contributed by atoms with Crippen molar-refractivity contribution in [2.75, 3.05) is 38.0 Å². The van der Waals surface area contributed by atoms with Crippen molar-refractivity contribution in [2.24, 2.45) is 5.92 Å². The lowest BCUT2D eigenvalue weighted by Gasteiger charge is -2.30. The van der Waals surface area contributed by atoms with Crippen LogP contribution in [0.3, 0.4) is 0 Å². The van der Waals surface area contributed by atoms with Crippen LogP contribution in [0.5, 0.6) is 0 Å². The molecule has 2 aromatic rings. The Morgan fingerprint density at radius 1 is 1.28 bits per heavy atom. The van der Waals surface area contributed by atoms with Crippen LogP contribution >= 0.6 is 0 Å². The Bertz CT molecular complexity index is 765. The van der Waals surface area contributed by atoms with Crippen molar-refractivity contribution in [3.8, 4) is 0 Å². The first kappa shape index (κ1) is 16.5. The van der Waals surface area contributed by atoms with Crippen LogP contribution in [0.25, 0.3) is 10.8 Å². The van der Waals surface area contributed by atoms with E-state index in [0.29, 0.717) is 6.04 Å². The number of nitrogens with one attached hydrogen (secondary N) is 2. The zero-order valence-electron chi connectivity index (χ0n) is 14.8. The lowest BCUT2D eigenvalue weighted by molar-refractivity contribution is 0.0969. The number of benzene rings is 1. The van der Waals surface area contributed by atoms with E-state index in [2.05, 4.69) is 33.5 Å². The Kier molecular flexibility index (Phi) is 4.68. The van der Waals surface area contributed by atoms with Gasteiger partial charge in [-0.05, 0) is 31.2 Å². The van der Waals surface area contributed by atoms with Gasteiger partial charge in [-0.2, -0.15) is 0 Å². The summed E-state index contributed by atoms with van der Waals surface area (Å²) >= 11 is 0. The Hall–Kier alpha value is -1.98. The van der Waals surface area contributed by atoms with Gasteiger partial charge in [-0.3, -0.25) is 9.69 Å². The van der Waals surface area contributed by atoms with Crippen molar-refractivity contribution in [1.82, 2.24) is 15.2 Å². The number of hydrogen-bond donors (Lipinski definition) is 2. The highest BCUT2D eigenvalue weighted by molar-refractivity contribution is 6.11. The Balaban J connectivity index is 1.55. The second-order valence-corrected chi connectivity index (χ2v) is 7.29. The molecule has 0 spiro atoms. The van der Waals surface area contributed by atoms with Gasteiger partial charge in [0.15, 0.2) is 5.78 Å². The molecule has 4 rings (SSSR count). The van der Waals surface area contributed by atoms with E-state index in [1.54, 1.807) is 0 Å². The van der Waals surface area contributed by atoms with Gasteiger partial charge in [0.25, 0.3) is 0 Å². The van der Waals surface area contributed by atoms with Crippen LogP contribution in [0.15, 0.2) is 30.5 Å². The van der Waals surface area contributed by atoms with Gasteiger partial charge in [0.05, 0.1) is 0 Å². The van der Waals surface area contributed by atoms with Gasteiger partial charge >= 0.3 is 0 Å². The van der Waals surface area contributed by atoms with E-state index in [1.807, 2.05) is 24.4 Å². The van der Waals surface area contributed by atoms with Gasteiger partial charge in [-0.1, -0.05) is 18.2 Å². The molecule has 1 aliphatic heterocycles. The molecule has 5 heteroatoms. The summed E-state index contributed by atoms with van der Waals surface area (Å²) in [7, 11) is 0. The van der Waals surface area contributed by atoms with Gasteiger partial charge in [-0.25, -0.2) is 4.98 Å². The molecule has 1 aliphatic carbocycles. The van der Waals surface area contributed by atoms with Crippen molar-refractivity contribution in [2.45, 2.75) is 25.8 Å². The van der Waals surface area contributed by atoms with Crippen LogP contribution in [-0.2, 0) is 0 Å². The number of hydrogen-bond acceptors (Lipinski definition) is 5. The number of piperazine rings is 1. The van der Waals surface area contributed by atoms with E-state index in [4.69, 9.17) is 0 Å². The van der Waals surface area contributed by atoms with Crippen LogP contribution in [0.2, 0.25) is 0 Å². The summed E-state index contributed by atoms with van der Waals surface area (Å²) in [5.74, 6) is 1.41. The standard InChI is InChI=1S/C20H26N4O/c1-14(13-24-11-9-21-10-12-24)23-20-18-4-2-3-17(16(18)7-8-22-20)19(25)15-5-6-15/h2-4,7-8,14-15,21H,5-6,9-13H2,1H3,(H,22,23)/t14-/m0/s1. The van der Waals surface area contributed by atoms with Crippen LogP contribution in [0.4, 0.5) is 5.82 Å². The number of rotatable bonds is 6. The minimum absolute atomic E-state index is 0.238.